The molecule has 0 spiro atoms. The monoisotopic (exact) mass is 319 g/mol. The number of hydrogen-bond acceptors (Lipinski definition) is 3. The fraction of sp³-hybridized carbons (Fsp3) is 0.556. The van der Waals surface area contributed by atoms with E-state index in [-0.39, 0.29) is 12.0 Å². The summed E-state index contributed by atoms with van der Waals surface area (Å²) >= 11 is 0. The standard InChI is InChI=1S/C18H25NO4/c1-18(2,14-8-9-14)11-10-15(16(20)21)19-17(22)23-12-13-6-4-3-5-7-13/h3-7,14-15H,8-12H2,1-2H3,(H,19,22)(H,20,21). The maximum absolute atomic E-state index is 11.8. The number of hydrogen-bond donors (Lipinski definition) is 2. The second-order valence-corrected chi connectivity index (χ2v) is 6.90. The Labute approximate surface area is 137 Å². The molecule has 5 nitrogen and oxygen atoms in total. The van der Waals surface area contributed by atoms with E-state index in [1.807, 2.05) is 30.3 Å². The molecule has 1 aromatic rings. The molecule has 1 fully saturated rings. The van der Waals surface area contributed by atoms with Crippen molar-refractivity contribution in [3.8, 4) is 0 Å². The van der Waals surface area contributed by atoms with Crippen molar-refractivity contribution in [3.05, 3.63) is 35.9 Å². The minimum Gasteiger partial charge on any atom is -0.480 e. The number of amides is 1. The number of nitrogens with one attached hydrogen (secondary N) is 1. The summed E-state index contributed by atoms with van der Waals surface area (Å²) in [6, 6.07) is 8.38. The van der Waals surface area contributed by atoms with Crippen molar-refractivity contribution in [2.24, 2.45) is 11.3 Å². The second kappa shape index (κ2) is 7.49. The molecule has 1 unspecified atom stereocenters. The van der Waals surface area contributed by atoms with Gasteiger partial charge in [0.2, 0.25) is 0 Å². The van der Waals surface area contributed by atoms with Gasteiger partial charge in [0, 0.05) is 0 Å². The number of aliphatic carboxylic acids is 1. The molecule has 2 N–H and O–H groups in total. The van der Waals surface area contributed by atoms with E-state index >= 15 is 0 Å². The van der Waals surface area contributed by atoms with Gasteiger partial charge in [-0.25, -0.2) is 9.59 Å². The van der Waals surface area contributed by atoms with Crippen LogP contribution in [-0.4, -0.2) is 23.2 Å². The third-order valence-electron chi connectivity index (χ3n) is 4.56. The Morgan fingerprint density at radius 3 is 2.52 bits per heavy atom. The van der Waals surface area contributed by atoms with Crippen molar-refractivity contribution in [3.63, 3.8) is 0 Å². The van der Waals surface area contributed by atoms with Crippen molar-refractivity contribution in [1.82, 2.24) is 5.32 Å². The van der Waals surface area contributed by atoms with Crippen LogP contribution in [0.3, 0.4) is 0 Å². The smallest absolute Gasteiger partial charge is 0.408 e. The van der Waals surface area contributed by atoms with Gasteiger partial charge in [0.15, 0.2) is 0 Å². The molecule has 1 aromatic carbocycles. The molecule has 1 saturated carbocycles. The summed E-state index contributed by atoms with van der Waals surface area (Å²) in [5, 5.41) is 11.7. The van der Waals surface area contributed by atoms with Crippen LogP contribution in [-0.2, 0) is 16.1 Å². The predicted molar refractivity (Wildman–Crippen MR) is 86.9 cm³/mol. The van der Waals surface area contributed by atoms with Gasteiger partial charge in [0.1, 0.15) is 12.6 Å². The highest BCUT2D eigenvalue weighted by molar-refractivity contribution is 5.79. The van der Waals surface area contributed by atoms with Crippen LogP contribution in [0.5, 0.6) is 0 Å². The molecule has 0 saturated heterocycles. The number of alkyl carbamates (subject to hydrolysis) is 1. The van der Waals surface area contributed by atoms with Crippen molar-refractivity contribution >= 4 is 12.1 Å². The molecule has 2 rings (SSSR count). The quantitative estimate of drug-likeness (QED) is 0.768. The first-order valence-electron chi connectivity index (χ1n) is 8.08. The average molecular weight is 319 g/mol. The molecule has 0 aliphatic heterocycles. The summed E-state index contributed by atoms with van der Waals surface area (Å²) in [6.07, 6.45) is 2.94. The van der Waals surface area contributed by atoms with Crippen molar-refractivity contribution in [1.29, 1.82) is 0 Å². The fourth-order valence-corrected chi connectivity index (χ4v) is 2.75. The first-order chi connectivity index (χ1) is 10.9. The topological polar surface area (TPSA) is 75.6 Å². The Bertz CT molecular complexity index is 537. The Morgan fingerprint density at radius 2 is 1.96 bits per heavy atom. The molecule has 0 bridgehead atoms. The van der Waals surface area contributed by atoms with Crippen LogP contribution in [0.2, 0.25) is 0 Å². The summed E-state index contributed by atoms with van der Waals surface area (Å²) in [5.41, 5.74) is 0.993. The summed E-state index contributed by atoms with van der Waals surface area (Å²) in [7, 11) is 0. The van der Waals surface area contributed by atoms with Crippen LogP contribution >= 0.6 is 0 Å². The summed E-state index contributed by atoms with van der Waals surface area (Å²) in [6.45, 7) is 4.46. The molecule has 1 aliphatic carbocycles. The maximum Gasteiger partial charge on any atom is 0.408 e. The molecule has 0 heterocycles. The number of carbonyl (C=O) groups excluding carboxylic acids is 1. The van der Waals surface area contributed by atoms with Crippen molar-refractivity contribution in [2.75, 3.05) is 0 Å². The van der Waals surface area contributed by atoms with Gasteiger partial charge < -0.3 is 15.2 Å². The number of carboxylic acids is 1. The second-order valence-electron chi connectivity index (χ2n) is 6.90. The van der Waals surface area contributed by atoms with E-state index in [1.54, 1.807) is 0 Å². The van der Waals surface area contributed by atoms with E-state index in [0.717, 1.165) is 12.0 Å². The third-order valence-corrected chi connectivity index (χ3v) is 4.56. The van der Waals surface area contributed by atoms with E-state index in [1.165, 1.54) is 12.8 Å². The van der Waals surface area contributed by atoms with Crippen LogP contribution < -0.4 is 5.32 Å². The number of carbonyl (C=O) groups is 2. The van der Waals surface area contributed by atoms with Gasteiger partial charge in [-0.2, -0.15) is 0 Å². The predicted octanol–water partition coefficient (Wildman–Crippen LogP) is 3.58. The van der Waals surface area contributed by atoms with Gasteiger partial charge in [-0.15, -0.1) is 0 Å². The summed E-state index contributed by atoms with van der Waals surface area (Å²) in [5.74, 6) is -0.338. The van der Waals surface area contributed by atoms with Crippen molar-refractivity contribution < 1.29 is 19.4 Å². The fourth-order valence-electron chi connectivity index (χ4n) is 2.75. The zero-order valence-corrected chi connectivity index (χ0v) is 13.7. The zero-order valence-electron chi connectivity index (χ0n) is 13.7. The Kier molecular flexibility index (Phi) is 5.64. The highest BCUT2D eigenvalue weighted by Gasteiger charge is 2.38. The van der Waals surface area contributed by atoms with E-state index in [2.05, 4.69) is 19.2 Å². The molecular weight excluding hydrogens is 294 g/mol. The molecule has 5 heteroatoms. The van der Waals surface area contributed by atoms with Crippen LogP contribution in [0.1, 0.15) is 45.1 Å². The summed E-state index contributed by atoms with van der Waals surface area (Å²) in [4.78, 5) is 23.1. The SMILES string of the molecule is CC(C)(CCC(NC(=O)OCc1ccccc1)C(=O)O)C1CC1. The largest absolute Gasteiger partial charge is 0.480 e. The minimum atomic E-state index is -1.02. The highest BCUT2D eigenvalue weighted by atomic mass is 16.5. The number of benzene rings is 1. The molecular formula is C18H25NO4. The lowest BCUT2D eigenvalue weighted by atomic mass is 9.81. The van der Waals surface area contributed by atoms with Crippen LogP contribution in [0.25, 0.3) is 0 Å². The van der Waals surface area contributed by atoms with E-state index < -0.39 is 18.1 Å². The van der Waals surface area contributed by atoms with Crippen molar-refractivity contribution in [2.45, 2.75) is 52.2 Å². The molecule has 0 radical (unpaired) electrons. The third kappa shape index (κ3) is 5.58. The Morgan fingerprint density at radius 1 is 1.30 bits per heavy atom. The molecule has 126 valence electrons. The molecule has 1 amide bonds. The number of ether oxygens (including phenoxy) is 1. The summed E-state index contributed by atoms with van der Waals surface area (Å²) < 4.78 is 5.09. The number of rotatable bonds is 8. The van der Waals surface area contributed by atoms with Crippen LogP contribution in [0.4, 0.5) is 4.79 Å². The first-order valence-corrected chi connectivity index (χ1v) is 8.08. The minimum absolute atomic E-state index is 0.128. The number of carboxylic acid groups (broad SMARTS) is 1. The lowest BCUT2D eigenvalue weighted by Gasteiger charge is -2.26. The molecule has 23 heavy (non-hydrogen) atoms. The average Bonchev–Trinajstić information content (AvgIpc) is 3.35. The van der Waals surface area contributed by atoms with Crippen LogP contribution in [0, 0.1) is 11.3 Å². The highest BCUT2D eigenvalue weighted by Crippen LogP contribution is 2.47. The molecule has 1 aliphatic rings. The lowest BCUT2D eigenvalue weighted by molar-refractivity contribution is -0.139. The van der Waals surface area contributed by atoms with Gasteiger partial charge >= 0.3 is 12.1 Å². The Hall–Kier alpha value is -2.04. The first kappa shape index (κ1) is 17.3. The van der Waals surface area contributed by atoms with Gasteiger partial charge in [0.05, 0.1) is 0 Å². The Balaban J connectivity index is 1.79. The maximum atomic E-state index is 11.8. The van der Waals surface area contributed by atoms with Gasteiger partial charge in [-0.1, -0.05) is 44.2 Å². The lowest BCUT2D eigenvalue weighted by Crippen LogP contribution is -2.41. The normalized spacial score (nSPS) is 15.7. The zero-order chi connectivity index (χ0) is 16.9. The molecule has 1 atom stereocenters. The van der Waals surface area contributed by atoms with Gasteiger partial charge in [-0.05, 0) is 42.6 Å². The van der Waals surface area contributed by atoms with E-state index in [4.69, 9.17) is 4.74 Å². The van der Waals surface area contributed by atoms with E-state index in [9.17, 15) is 14.7 Å². The van der Waals surface area contributed by atoms with E-state index in [0.29, 0.717) is 12.3 Å². The van der Waals surface area contributed by atoms with Gasteiger partial charge in [-0.3, -0.25) is 0 Å². The molecule has 0 aromatic heterocycles. The van der Waals surface area contributed by atoms with Crippen LogP contribution in [0.15, 0.2) is 30.3 Å². The van der Waals surface area contributed by atoms with Gasteiger partial charge in [0.25, 0.3) is 0 Å².